The molecule has 0 atom stereocenters. The lowest BCUT2D eigenvalue weighted by atomic mass is 10.0. The third-order valence-electron chi connectivity index (χ3n) is 4.01. The van der Waals surface area contributed by atoms with Crippen molar-refractivity contribution in [1.82, 2.24) is 4.90 Å². The summed E-state index contributed by atoms with van der Waals surface area (Å²) in [6.07, 6.45) is 5.45. The summed E-state index contributed by atoms with van der Waals surface area (Å²) < 4.78 is 5.48. The Morgan fingerprint density at radius 2 is 1.90 bits per heavy atom. The summed E-state index contributed by atoms with van der Waals surface area (Å²) in [5, 5.41) is 0. The van der Waals surface area contributed by atoms with Gasteiger partial charge in [0.05, 0.1) is 12.8 Å². The van der Waals surface area contributed by atoms with E-state index in [0.717, 1.165) is 31.3 Å². The smallest absolute Gasteiger partial charge is 0.117 e. The van der Waals surface area contributed by atoms with E-state index in [4.69, 9.17) is 10.2 Å². The number of nitrogens with two attached hydrogens (primary N) is 1. The Hall–Kier alpha value is -1.58. The molecule has 0 saturated heterocycles. The van der Waals surface area contributed by atoms with Crippen molar-refractivity contribution >= 4 is 0 Å². The molecule has 1 aromatic carbocycles. The van der Waals surface area contributed by atoms with Gasteiger partial charge in [-0.05, 0) is 42.5 Å². The van der Waals surface area contributed by atoms with Crippen molar-refractivity contribution in [1.29, 1.82) is 0 Å². The monoisotopic (exact) mass is 270 g/mol. The minimum Gasteiger partial charge on any atom is -0.468 e. The molecular formula is C17H22N2O. The molecule has 1 aliphatic carbocycles. The van der Waals surface area contributed by atoms with Gasteiger partial charge in [-0.3, -0.25) is 4.90 Å². The zero-order valence-corrected chi connectivity index (χ0v) is 11.8. The Bertz CT molecular complexity index is 532. The van der Waals surface area contributed by atoms with Gasteiger partial charge in [-0.2, -0.15) is 0 Å². The molecule has 0 spiro atoms. The van der Waals surface area contributed by atoms with Gasteiger partial charge in [0.15, 0.2) is 0 Å². The van der Waals surface area contributed by atoms with Gasteiger partial charge < -0.3 is 10.2 Å². The summed E-state index contributed by atoms with van der Waals surface area (Å²) in [5.74, 6) is 1.06. The maximum atomic E-state index is 5.81. The molecule has 0 unspecified atom stereocenters. The fraction of sp³-hybridized carbons (Fsp3) is 0.412. The first-order chi connectivity index (χ1) is 9.86. The minimum atomic E-state index is 0.623. The van der Waals surface area contributed by atoms with E-state index in [0.29, 0.717) is 6.54 Å². The van der Waals surface area contributed by atoms with Crippen LogP contribution in [0.4, 0.5) is 0 Å². The van der Waals surface area contributed by atoms with Gasteiger partial charge in [-0.15, -0.1) is 0 Å². The number of benzene rings is 1. The highest BCUT2D eigenvalue weighted by Crippen LogP contribution is 2.28. The highest BCUT2D eigenvalue weighted by atomic mass is 16.3. The van der Waals surface area contributed by atoms with Crippen LogP contribution in [0.5, 0.6) is 0 Å². The van der Waals surface area contributed by atoms with Crippen LogP contribution in [-0.4, -0.2) is 17.5 Å². The van der Waals surface area contributed by atoms with Crippen LogP contribution in [0.1, 0.15) is 29.7 Å². The van der Waals surface area contributed by atoms with Gasteiger partial charge >= 0.3 is 0 Å². The quantitative estimate of drug-likeness (QED) is 0.841. The summed E-state index contributed by atoms with van der Waals surface area (Å²) in [6, 6.07) is 13.2. The maximum Gasteiger partial charge on any atom is 0.117 e. The molecule has 1 saturated carbocycles. The minimum absolute atomic E-state index is 0.623. The molecule has 1 fully saturated rings. The Morgan fingerprint density at radius 1 is 1.10 bits per heavy atom. The van der Waals surface area contributed by atoms with Gasteiger partial charge in [0.1, 0.15) is 5.76 Å². The van der Waals surface area contributed by atoms with Crippen molar-refractivity contribution in [3.63, 3.8) is 0 Å². The second kappa shape index (κ2) is 6.25. The molecule has 3 nitrogen and oxygen atoms in total. The first-order valence-electron chi connectivity index (χ1n) is 7.40. The fourth-order valence-corrected chi connectivity index (χ4v) is 2.70. The number of hydrogen-bond donors (Lipinski definition) is 1. The van der Waals surface area contributed by atoms with E-state index in [1.165, 1.54) is 24.0 Å². The Balaban J connectivity index is 1.62. The van der Waals surface area contributed by atoms with E-state index in [1.807, 2.05) is 6.07 Å². The number of nitrogens with zero attached hydrogens (tertiary/aromatic N) is 1. The Kier molecular flexibility index (Phi) is 4.19. The third-order valence-corrected chi connectivity index (χ3v) is 4.01. The van der Waals surface area contributed by atoms with Crippen molar-refractivity contribution in [3.8, 4) is 0 Å². The molecule has 1 aliphatic rings. The van der Waals surface area contributed by atoms with Crippen LogP contribution < -0.4 is 5.73 Å². The topological polar surface area (TPSA) is 42.4 Å². The largest absolute Gasteiger partial charge is 0.468 e. The lowest BCUT2D eigenvalue weighted by Gasteiger charge is -2.21. The zero-order chi connectivity index (χ0) is 13.8. The Morgan fingerprint density at radius 3 is 2.55 bits per heavy atom. The summed E-state index contributed by atoms with van der Waals surface area (Å²) in [7, 11) is 0. The number of furan rings is 1. The summed E-state index contributed by atoms with van der Waals surface area (Å²) in [6.45, 7) is 2.61. The molecule has 20 heavy (non-hydrogen) atoms. The lowest BCUT2D eigenvalue weighted by Crippen LogP contribution is -2.28. The molecular weight excluding hydrogens is 248 g/mol. The van der Waals surface area contributed by atoms with Crippen LogP contribution in [0.3, 0.4) is 0 Å². The molecule has 1 heterocycles. The van der Waals surface area contributed by atoms with Crippen LogP contribution in [0, 0.1) is 0 Å². The van der Waals surface area contributed by atoms with Crippen LogP contribution >= 0.6 is 0 Å². The average molecular weight is 270 g/mol. The second-order valence-corrected chi connectivity index (χ2v) is 5.50. The molecule has 3 heteroatoms. The van der Waals surface area contributed by atoms with E-state index in [2.05, 4.69) is 35.2 Å². The highest BCUT2D eigenvalue weighted by molar-refractivity contribution is 5.27. The first-order valence-corrected chi connectivity index (χ1v) is 7.40. The summed E-state index contributed by atoms with van der Waals surface area (Å²) in [5.41, 5.74) is 8.45. The fourth-order valence-electron chi connectivity index (χ4n) is 2.70. The van der Waals surface area contributed by atoms with Crippen molar-refractivity contribution in [3.05, 3.63) is 59.5 Å². The molecule has 2 N–H and O–H groups in total. The molecule has 3 rings (SSSR count). The second-order valence-electron chi connectivity index (χ2n) is 5.50. The lowest BCUT2D eigenvalue weighted by molar-refractivity contribution is 0.236. The standard InChI is InChI=1S/C17H22N2O/c18-12-15-5-2-1-4-14(15)9-10-19(16-7-8-16)13-17-6-3-11-20-17/h1-6,11,16H,7-10,12-13,18H2. The molecule has 2 aromatic rings. The van der Waals surface area contributed by atoms with Crippen molar-refractivity contribution < 1.29 is 4.42 Å². The SMILES string of the molecule is NCc1ccccc1CCN(Cc1ccco1)C1CC1. The molecule has 0 amide bonds. The number of hydrogen-bond acceptors (Lipinski definition) is 3. The van der Waals surface area contributed by atoms with Crippen molar-refractivity contribution in [2.75, 3.05) is 6.54 Å². The molecule has 0 bridgehead atoms. The van der Waals surface area contributed by atoms with E-state index in [-0.39, 0.29) is 0 Å². The van der Waals surface area contributed by atoms with Gasteiger partial charge in [-0.25, -0.2) is 0 Å². The molecule has 1 aromatic heterocycles. The highest BCUT2D eigenvalue weighted by Gasteiger charge is 2.29. The van der Waals surface area contributed by atoms with Crippen LogP contribution in [0.25, 0.3) is 0 Å². The Labute approximate surface area is 120 Å². The van der Waals surface area contributed by atoms with Crippen LogP contribution in [0.2, 0.25) is 0 Å². The van der Waals surface area contributed by atoms with E-state index in [9.17, 15) is 0 Å². The van der Waals surface area contributed by atoms with Crippen molar-refractivity contribution in [2.24, 2.45) is 5.73 Å². The third kappa shape index (κ3) is 3.30. The maximum absolute atomic E-state index is 5.81. The van der Waals surface area contributed by atoms with Crippen LogP contribution in [0.15, 0.2) is 47.1 Å². The predicted molar refractivity (Wildman–Crippen MR) is 80.2 cm³/mol. The molecule has 106 valence electrons. The van der Waals surface area contributed by atoms with Crippen molar-refractivity contribution in [2.45, 2.75) is 38.4 Å². The average Bonchev–Trinajstić information content (AvgIpc) is 3.21. The normalized spacial score (nSPS) is 14.9. The first kappa shape index (κ1) is 13.4. The summed E-state index contributed by atoms with van der Waals surface area (Å²) in [4.78, 5) is 2.53. The molecule has 0 aliphatic heterocycles. The van der Waals surface area contributed by atoms with Gasteiger partial charge in [-0.1, -0.05) is 24.3 Å². The van der Waals surface area contributed by atoms with E-state index in [1.54, 1.807) is 6.26 Å². The van der Waals surface area contributed by atoms with Gasteiger partial charge in [0.25, 0.3) is 0 Å². The van der Waals surface area contributed by atoms with E-state index < -0.39 is 0 Å². The van der Waals surface area contributed by atoms with E-state index >= 15 is 0 Å². The summed E-state index contributed by atoms with van der Waals surface area (Å²) >= 11 is 0. The zero-order valence-electron chi connectivity index (χ0n) is 11.8. The van der Waals surface area contributed by atoms with Crippen LogP contribution in [-0.2, 0) is 19.5 Å². The molecule has 0 radical (unpaired) electrons. The predicted octanol–water partition coefficient (Wildman–Crippen LogP) is 2.95. The van der Waals surface area contributed by atoms with Gasteiger partial charge in [0.2, 0.25) is 0 Å². The van der Waals surface area contributed by atoms with Gasteiger partial charge in [0, 0.05) is 19.1 Å². The number of rotatable bonds is 7.